The summed E-state index contributed by atoms with van der Waals surface area (Å²) in [5.74, 6) is -1.27. The summed E-state index contributed by atoms with van der Waals surface area (Å²) in [7, 11) is 1.48. The van der Waals surface area contributed by atoms with E-state index in [1.54, 1.807) is 42.5 Å². The van der Waals surface area contributed by atoms with E-state index in [2.05, 4.69) is 5.43 Å². The maximum atomic E-state index is 13.9. The molecular weight excluding hydrogens is 469 g/mol. The summed E-state index contributed by atoms with van der Waals surface area (Å²) >= 11 is 0. The third kappa shape index (κ3) is 4.75. The lowest BCUT2D eigenvalue weighted by molar-refractivity contribution is 0.0887. The molecule has 0 spiro atoms. The highest BCUT2D eigenvalue weighted by Crippen LogP contribution is 2.36. The maximum absolute atomic E-state index is 13.9. The zero-order valence-electron chi connectivity index (χ0n) is 19.9. The second-order valence-electron chi connectivity index (χ2n) is 8.18. The van der Waals surface area contributed by atoms with E-state index < -0.39 is 17.6 Å². The van der Waals surface area contributed by atoms with Gasteiger partial charge in [-0.1, -0.05) is 66.7 Å². The quantitative estimate of drug-likeness (QED) is 0.304. The van der Waals surface area contributed by atoms with Gasteiger partial charge < -0.3 is 4.74 Å². The predicted octanol–water partition coefficient (Wildman–Crippen LogP) is 6.04. The van der Waals surface area contributed by atoms with Crippen LogP contribution in [0.4, 0.5) is 10.1 Å². The Labute approximate surface area is 212 Å². The van der Waals surface area contributed by atoms with Crippen LogP contribution >= 0.6 is 0 Å². The Morgan fingerprint density at radius 2 is 1.43 bits per heavy atom. The number of nitrogens with one attached hydrogen (secondary N) is 1. The number of hydrogen-bond acceptors (Lipinski definition) is 4. The fourth-order valence-corrected chi connectivity index (χ4v) is 4.10. The smallest absolute Gasteiger partial charge is 0.277 e. The summed E-state index contributed by atoms with van der Waals surface area (Å²) in [6, 6.07) is 30.5. The van der Waals surface area contributed by atoms with Crippen molar-refractivity contribution in [3.05, 3.63) is 126 Å². The van der Waals surface area contributed by atoms with E-state index in [1.807, 2.05) is 42.5 Å². The van der Waals surface area contributed by atoms with Crippen molar-refractivity contribution in [1.29, 1.82) is 0 Å². The van der Waals surface area contributed by atoms with E-state index in [1.165, 1.54) is 31.4 Å². The van der Waals surface area contributed by atoms with Crippen LogP contribution in [-0.4, -0.2) is 23.9 Å². The number of halogens is 1. The van der Waals surface area contributed by atoms with Crippen molar-refractivity contribution in [1.82, 2.24) is 10.4 Å². The van der Waals surface area contributed by atoms with E-state index in [0.29, 0.717) is 22.3 Å². The second kappa shape index (κ2) is 10.3. The molecule has 2 amide bonds. The standard InChI is InChI=1S/C30H22FN3O3/c1-37-28-26(24-14-8-9-15-25(24)32-27(28)20-10-4-2-5-11-20)29(35)33-34(23-12-6-3-7-13-23)30(36)21-16-18-22(31)19-17-21/h2-19H,1H3,(H,33,35). The van der Waals surface area contributed by atoms with Crippen molar-refractivity contribution in [2.45, 2.75) is 0 Å². The Balaban J connectivity index is 1.64. The highest BCUT2D eigenvalue weighted by molar-refractivity contribution is 6.14. The van der Waals surface area contributed by atoms with Crippen molar-refractivity contribution < 1.29 is 18.7 Å². The van der Waals surface area contributed by atoms with Gasteiger partial charge in [-0.15, -0.1) is 0 Å². The van der Waals surface area contributed by atoms with Gasteiger partial charge in [0.15, 0.2) is 5.75 Å². The number of aromatic nitrogens is 1. The first-order valence-corrected chi connectivity index (χ1v) is 11.5. The number of hydrogen-bond donors (Lipinski definition) is 1. The molecule has 0 aliphatic heterocycles. The number of para-hydroxylation sites is 2. The third-order valence-electron chi connectivity index (χ3n) is 5.85. The van der Waals surface area contributed by atoms with Crippen LogP contribution in [0.15, 0.2) is 109 Å². The van der Waals surface area contributed by atoms with Crippen LogP contribution in [0.25, 0.3) is 22.2 Å². The first-order valence-electron chi connectivity index (χ1n) is 11.5. The number of anilines is 1. The van der Waals surface area contributed by atoms with Gasteiger partial charge in [0.1, 0.15) is 11.5 Å². The molecule has 5 aromatic rings. The first kappa shape index (κ1) is 23.7. The minimum atomic E-state index is -0.563. The average molecular weight is 492 g/mol. The van der Waals surface area contributed by atoms with Crippen molar-refractivity contribution in [3.63, 3.8) is 0 Å². The molecule has 6 nitrogen and oxygen atoms in total. The molecule has 0 bridgehead atoms. The van der Waals surface area contributed by atoms with Gasteiger partial charge >= 0.3 is 0 Å². The van der Waals surface area contributed by atoms with Crippen LogP contribution in [0.5, 0.6) is 5.75 Å². The molecular formula is C30H22FN3O3. The Morgan fingerprint density at radius 1 is 0.811 bits per heavy atom. The lowest BCUT2D eigenvalue weighted by atomic mass is 10.0. The van der Waals surface area contributed by atoms with Crippen molar-refractivity contribution in [2.75, 3.05) is 12.1 Å². The number of methoxy groups -OCH3 is 1. The number of ether oxygens (including phenoxy) is 1. The summed E-state index contributed by atoms with van der Waals surface area (Å²) in [6.07, 6.45) is 0. The lowest BCUT2D eigenvalue weighted by Gasteiger charge is -2.25. The van der Waals surface area contributed by atoms with Crippen LogP contribution < -0.4 is 15.2 Å². The molecule has 0 radical (unpaired) electrons. The molecule has 5 rings (SSSR count). The van der Waals surface area contributed by atoms with Gasteiger partial charge in [-0.3, -0.25) is 15.0 Å². The SMILES string of the molecule is COc1c(-c2ccccc2)nc2ccccc2c1C(=O)NN(C(=O)c1ccc(F)cc1)c1ccccc1. The Bertz CT molecular complexity index is 1570. The number of pyridine rings is 1. The highest BCUT2D eigenvalue weighted by atomic mass is 19.1. The van der Waals surface area contributed by atoms with Crippen LogP contribution in [0.3, 0.4) is 0 Å². The number of amides is 2. The van der Waals surface area contributed by atoms with E-state index >= 15 is 0 Å². The summed E-state index contributed by atoms with van der Waals surface area (Å²) in [5, 5.41) is 1.71. The van der Waals surface area contributed by atoms with Crippen molar-refractivity contribution in [3.8, 4) is 17.0 Å². The van der Waals surface area contributed by atoms with E-state index in [0.717, 1.165) is 10.6 Å². The highest BCUT2D eigenvalue weighted by Gasteiger charge is 2.26. The summed E-state index contributed by atoms with van der Waals surface area (Å²) in [5.41, 5.74) is 5.52. The normalized spacial score (nSPS) is 10.6. The minimum absolute atomic E-state index is 0.210. The van der Waals surface area contributed by atoms with Crippen molar-refractivity contribution in [2.24, 2.45) is 0 Å². The van der Waals surface area contributed by atoms with Crippen LogP contribution in [0.2, 0.25) is 0 Å². The number of carbonyl (C=O) groups is 2. The van der Waals surface area contributed by atoms with Gasteiger partial charge in [0, 0.05) is 16.5 Å². The summed E-state index contributed by atoms with van der Waals surface area (Å²) < 4.78 is 19.2. The van der Waals surface area contributed by atoms with Gasteiger partial charge in [-0.2, -0.15) is 0 Å². The summed E-state index contributed by atoms with van der Waals surface area (Å²) in [4.78, 5) is 32.2. The molecule has 0 fully saturated rings. The number of hydrazine groups is 1. The lowest BCUT2D eigenvalue weighted by Crippen LogP contribution is -2.46. The molecule has 0 aliphatic carbocycles. The molecule has 0 aliphatic rings. The van der Waals surface area contributed by atoms with E-state index in [4.69, 9.17) is 9.72 Å². The van der Waals surface area contributed by atoms with Crippen LogP contribution in [0, 0.1) is 5.82 Å². The Kier molecular flexibility index (Phi) is 6.59. The first-order chi connectivity index (χ1) is 18.1. The number of benzene rings is 4. The molecule has 182 valence electrons. The molecule has 0 unspecified atom stereocenters. The van der Waals surface area contributed by atoms with Crippen LogP contribution in [-0.2, 0) is 0 Å². The van der Waals surface area contributed by atoms with Gasteiger partial charge in [0.25, 0.3) is 11.8 Å². The molecule has 37 heavy (non-hydrogen) atoms. The molecule has 0 saturated heterocycles. The molecule has 0 saturated carbocycles. The monoisotopic (exact) mass is 491 g/mol. The minimum Gasteiger partial charge on any atom is -0.494 e. The Hall–Kier alpha value is -5.04. The average Bonchev–Trinajstić information content (AvgIpc) is 2.95. The second-order valence-corrected chi connectivity index (χ2v) is 8.18. The maximum Gasteiger partial charge on any atom is 0.277 e. The van der Waals surface area contributed by atoms with E-state index in [-0.39, 0.29) is 16.9 Å². The van der Waals surface area contributed by atoms with Gasteiger partial charge in [0.2, 0.25) is 0 Å². The van der Waals surface area contributed by atoms with Crippen molar-refractivity contribution >= 4 is 28.4 Å². The molecule has 0 atom stereocenters. The van der Waals surface area contributed by atoms with Crippen LogP contribution in [0.1, 0.15) is 20.7 Å². The largest absolute Gasteiger partial charge is 0.494 e. The number of rotatable bonds is 5. The third-order valence-corrected chi connectivity index (χ3v) is 5.85. The zero-order chi connectivity index (χ0) is 25.8. The molecule has 7 heteroatoms. The molecule has 1 aromatic heterocycles. The molecule has 1 heterocycles. The van der Waals surface area contributed by atoms with Gasteiger partial charge in [0.05, 0.1) is 23.9 Å². The fourth-order valence-electron chi connectivity index (χ4n) is 4.10. The Morgan fingerprint density at radius 3 is 2.11 bits per heavy atom. The number of fused-ring (bicyclic) bond motifs is 1. The molecule has 4 aromatic carbocycles. The van der Waals surface area contributed by atoms with E-state index in [9.17, 15) is 14.0 Å². The van der Waals surface area contributed by atoms with Gasteiger partial charge in [-0.05, 0) is 42.5 Å². The fraction of sp³-hybridized carbons (Fsp3) is 0.0333. The topological polar surface area (TPSA) is 71.5 Å². The predicted molar refractivity (Wildman–Crippen MR) is 141 cm³/mol. The summed E-state index contributed by atoms with van der Waals surface area (Å²) in [6.45, 7) is 0. The number of carbonyl (C=O) groups excluding carboxylic acids is 2. The number of nitrogens with zero attached hydrogens (tertiary/aromatic N) is 2. The zero-order valence-corrected chi connectivity index (χ0v) is 19.9. The van der Waals surface area contributed by atoms with Gasteiger partial charge in [-0.25, -0.2) is 14.4 Å². The molecule has 1 N–H and O–H groups in total.